The van der Waals surface area contributed by atoms with Crippen LogP contribution < -0.4 is 5.32 Å². The van der Waals surface area contributed by atoms with Crippen molar-refractivity contribution in [1.82, 2.24) is 5.32 Å². The summed E-state index contributed by atoms with van der Waals surface area (Å²) in [6, 6.07) is 6.58. The van der Waals surface area contributed by atoms with Gasteiger partial charge in [-0.15, -0.1) is 0 Å². The van der Waals surface area contributed by atoms with E-state index in [0.717, 1.165) is 19.7 Å². The lowest BCUT2D eigenvalue weighted by Crippen LogP contribution is -2.31. The Morgan fingerprint density at radius 1 is 1.44 bits per heavy atom. The maximum Gasteiger partial charge on any atom is 0.0865 e. The van der Waals surface area contributed by atoms with Crippen LogP contribution in [0.4, 0.5) is 0 Å². The minimum atomic E-state index is 0.245. The molecule has 1 heterocycles. The van der Waals surface area contributed by atoms with Crippen molar-refractivity contribution < 1.29 is 4.74 Å². The second kappa shape index (κ2) is 6.69. The van der Waals surface area contributed by atoms with E-state index < -0.39 is 0 Å². The van der Waals surface area contributed by atoms with Crippen LogP contribution in [0.1, 0.15) is 37.0 Å². The van der Waals surface area contributed by atoms with Gasteiger partial charge in [0.25, 0.3) is 0 Å². The molecule has 0 amide bonds. The lowest BCUT2D eigenvalue weighted by atomic mass is 9.89. The van der Waals surface area contributed by atoms with Gasteiger partial charge in [0.05, 0.1) is 6.10 Å². The molecule has 100 valence electrons. The molecule has 2 rings (SSSR count). The summed E-state index contributed by atoms with van der Waals surface area (Å²) >= 11 is 3.61. The number of hydrogen-bond donors (Lipinski definition) is 1. The third-order valence-electron chi connectivity index (χ3n) is 3.63. The normalized spacial score (nSPS) is 24.2. The summed E-state index contributed by atoms with van der Waals surface area (Å²) in [6.45, 7) is 7.24. The summed E-state index contributed by atoms with van der Waals surface area (Å²) in [5.74, 6) is 0.591. The van der Waals surface area contributed by atoms with Gasteiger partial charge in [0.15, 0.2) is 0 Å². The molecule has 1 fully saturated rings. The molecule has 1 saturated heterocycles. The fourth-order valence-electron chi connectivity index (χ4n) is 2.54. The van der Waals surface area contributed by atoms with E-state index in [2.05, 4.69) is 53.3 Å². The molecule has 2 unspecified atom stereocenters. The fourth-order valence-corrected chi connectivity index (χ4v) is 2.93. The van der Waals surface area contributed by atoms with Crippen molar-refractivity contribution in [2.45, 2.75) is 32.8 Å². The molecular formula is C15H22BrNO. The molecule has 1 N–H and O–H groups in total. The van der Waals surface area contributed by atoms with Gasteiger partial charge < -0.3 is 10.1 Å². The number of hydrogen-bond acceptors (Lipinski definition) is 2. The van der Waals surface area contributed by atoms with E-state index in [1.807, 2.05) is 0 Å². The van der Waals surface area contributed by atoms with E-state index in [1.165, 1.54) is 28.4 Å². The van der Waals surface area contributed by atoms with Crippen molar-refractivity contribution >= 4 is 15.9 Å². The van der Waals surface area contributed by atoms with Crippen LogP contribution in [0, 0.1) is 12.8 Å². The summed E-state index contributed by atoms with van der Waals surface area (Å²) in [4.78, 5) is 0. The topological polar surface area (TPSA) is 21.3 Å². The molecule has 1 aromatic rings. The van der Waals surface area contributed by atoms with E-state index in [1.54, 1.807) is 0 Å². The van der Waals surface area contributed by atoms with Crippen molar-refractivity contribution in [3.8, 4) is 0 Å². The molecular weight excluding hydrogens is 290 g/mol. The lowest BCUT2D eigenvalue weighted by Gasteiger charge is -2.32. The second-order valence-corrected chi connectivity index (χ2v) is 5.86. The third kappa shape index (κ3) is 3.34. The maximum atomic E-state index is 6.01. The Bertz CT molecular complexity index is 394. The zero-order valence-electron chi connectivity index (χ0n) is 11.2. The molecule has 0 saturated carbocycles. The lowest BCUT2D eigenvalue weighted by molar-refractivity contribution is -0.0276. The van der Waals surface area contributed by atoms with Crippen molar-refractivity contribution in [3.63, 3.8) is 0 Å². The summed E-state index contributed by atoms with van der Waals surface area (Å²) < 4.78 is 7.18. The van der Waals surface area contributed by atoms with Gasteiger partial charge in [-0.05, 0) is 43.5 Å². The molecule has 2 nitrogen and oxygen atoms in total. The first kappa shape index (κ1) is 14.0. The highest BCUT2D eigenvalue weighted by Crippen LogP contribution is 2.34. The molecule has 0 radical (unpaired) electrons. The van der Waals surface area contributed by atoms with Gasteiger partial charge in [-0.1, -0.05) is 35.0 Å². The van der Waals surface area contributed by atoms with Gasteiger partial charge in [0, 0.05) is 23.5 Å². The van der Waals surface area contributed by atoms with Crippen LogP contribution in [0.5, 0.6) is 0 Å². The first-order valence-corrected chi connectivity index (χ1v) is 7.60. The Morgan fingerprint density at radius 3 is 3.00 bits per heavy atom. The van der Waals surface area contributed by atoms with Gasteiger partial charge in [-0.3, -0.25) is 0 Å². The highest BCUT2D eigenvalue weighted by Gasteiger charge is 2.27. The molecule has 1 aliphatic heterocycles. The Kier molecular flexibility index (Phi) is 5.22. The summed E-state index contributed by atoms with van der Waals surface area (Å²) in [5.41, 5.74) is 2.58. The molecule has 0 bridgehead atoms. The summed E-state index contributed by atoms with van der Waals surface area (Å²) in [5, 5.41) is 3.45. The molecule has 0 aliphatic carbocycles. The Labute approximate surface area is 118 Å². The summed E-state index contributed by atoms with van der Waals surface area (Å²) in [6.07, 6.45) is 2.68. The van der Waals surface area contributed by atoms with Crippen molar-refractivity contribution in [3.05, 3.63) is 33.8 Å². The number of nitrogens with one attached hydrogen (secondary N) is 1. The number of rotatable bonds is 4. The zero-order chi connectivity index (χ0) is 13.0. The Hall–Kier alpha value is -0.380. The first-order chi connectivity index (χ1) is 8.72. The molecule has 2 atom stereocenters. The molecule has 18 heavy (non-hydrogen) atoms. The SMILES string of the molecule is CCNCC1CCCOC1c1ccc(C)c(Br)c1. The predicted octanol–water partition coefficient (Wildman–Crippen LogP) is 3.83. The Morgan fingerprint density at radius 2 is 2.28 bits per heavy atom. The quantitative estimate of drug-likeness (QED) is 0.912. The Balaban J connectivity index is 2.14. The van der Waals surface area contributed by atoms with Crippen LogP contribution in [0.25, 0.3) is 0 Å². The molecule has 1 aromatic carbocycles. The summed E-state index contributed by atoms with van der Waals surface area (Å²) in [7, 11) is 0. The highest BCUT2D eigenvalue weighted by atomic mass is 79.9. The average Bonchev–Trinajstić information content (AvgIpc) is 2.40. The number of ether oxygens (including phenoxy) is 1. The van der Waals surface area contributed by atoms with Gasteiger partial charge in [-0.25, -0.2) is 0 Å². The van der Waals surface area contributed by atoms with Gasteiger partial charge in [-0.2, -0.15) is 0 Å². The van der Waals surface area contributed by atoms with E-state index >= 15 is 0 Å². The average molecular weight is 312 g/mol. The smallest absolute Gasteiger partial charge is 0.0865 e. The third-order valence-corrected chi connectivity index (χ3v) is 4.48. The van der Waals surface area contributed by atoms with Crippen LogP contribution in [0.2, 0.25) is 0 Å². The molecule has 1 aliphatic rings. The molecule has 0 aromatic heterocycles. The van der Waals surface area contributed by atoms with E-state index in [0.29, 0.717) is 5.92 Å². The van der Waals surface area contributed by atoms with Gasteiger partial charge >= 0.3 is 0 Å². The van der Waals surface area contributed by atoms with Crippen LogP contribution in [-0.4, -0.2) is 19.7 Å². The largest absolute Gasteiger partial charge is 0.373 e. The van der Waals surface area contributed by atoms with E-state index in [4.69, 9.17) is 4.74 Å². The van der Waals surface area contributed by atoms with Crippen molar-refractivity contribution in [1.29, 1.82) is 0 Å². The number of benzene rings is 1. The van der Waals surface area contributed by atoms with E-state index in [9.17, 15) is 0 Å². The van der Waals surface area contributed by atoms with Gasteiger partial charge in [0.1, 0.15) is 0 Å². The predicted molar refractivity (Wildman–Crippen MR) is 78.8 cm³/mol. The maximum absolute atomic E-state index is 6.01. The highest BCUT2D eigenvalue weighted by molar-refractivity contribution is 9.10. The number of aryl methyl sites for hydroxylation is 1. The fraction of sp³-hybridized carbons (Fsp3) is 0.600. The minimum absolute atomic E-state index is 0.245. The standard InChI is InChI=1S/C15H22BrNO/c1-3-17-10-13-5-4-8-18-15(13)12-7-6-11(2)14(16)9-12/h6-7,9,13,15,17H,3-5,8,10H2,1-2H3. The molecule has 3 heteroatoms. The van der Waals surface area contributed by atoms with Crippen LogP contribution >= 0.6 is 15.9 Å². The first-order valence-electron chi connectivity index (χ1n) is 6.80. The second-order valence-electron chi connectivity index (χ2n) is 5.01. The zero-order valence-corrected chi connectivity index (χ0v) is 12.8. The molecule has 0 spiro atoms. The minimum Gasteiger partial charge on any atom is -0.373 e. The number of halogens is 1. The van der Waals surface area contributed by atoms with Crippen LogP contribution in [0.3, 0.4) is 0 Å². The van der Waals surface area contributed by atoms with Crippen molar-refractivity contribution in [2.24, 2.45) is 5.92 Å². The van der Waals surface area contributed by atoms with Gasteiger partial charge in [0.2, 0.25) is 0 Å². The van der Waals surface area contributed by atoms with E-state index in [-0.39, 0.29) is 6.10 Å². The van der Waals surface area contributed by atoms with Crippen molar-refractivity contribution in [2.75, 3.05) is 19.7 Å². The van der Waals surface area contributed by atoms with Crippen LogP contribution in [0.15, 0.2) is 22.7 Å². The monoisotopic (exact) mass is 311 g/mol. The van der Waals surface area contributed by atoms with Crippen LogP contribution in [-0.2, 0) is 4.74 Å².